The van der Waals surface area contributed by atoms with E-state index in [0.29, 0.717) is 6.54 Å². The summed E-state index contributed by atoms with van der Waals surface area (Å²) in [4.78, 5) is 13.2. The Labute approximate surface area is 115 Å². The number of rotatable bonds is 6. The molecule has 0 radical (unpaired) electrons. The number of hydrogen-bond donors (Lipinski definition) is 1. The second kappa shape index (κ2) is 6.06. The van der Waals surface area contributed by atoms with Crippen LogP contribution in [0.25, 0.3) is 0 Å². The van der Waals surface area contributed by atoms with E-state index in [1.807, 2.05) is 0 Å². The molecule has 0 aliphatic heterocycles. The van der Waals surface area contributed by atoms with E-state index in [1.54, 1.807) is 6.92 Å². The molecule has 0 atom stereocenters. The molecule has 1 rings (SSSR count). The average molecular weight is 315 g/mol. The van der Waals surface area contributed by atoms with Crippen LogP contribution in [0.15, 0.2) is 12.1 Å². The Balaban J connectivity index is 3.00. The zero-order chi connectivity index (χ0) is 16.3. The van der Waals surface area contributed by atoms with Crippen LogP contribution in [0, 0.1) is 10.1 Å². The molecule has 1 aromatic heterocycles. The molecule has 1 N–H and O–H groups in total. The minimum absolute atomic E-state index is 0.0495. The summed E-state index contributed by atoms with van der Waals surface area (Å²) in [5.41, 5.74) is -0.811. The second-order valence-electron chi connectivity index (χ2n) is 3.80. The van der Waals surface area contributed by atoms with Crippen molar-refractivity contribution in [2.45, 2.75) is 19.0 Å². The average Bonchev–Trinajstić information content (AvgIpc) is 2.35. The first-order valence-electron chi connectivity index (χ1n) is 5.55. The van der Waals surface area contributed by atoms with Gasteiger partial charge in [0.15, 0.2) is 6.61 Å². The van der Waals surface area contributed by atoms with Gasteiger partial charge in [0.1, 0.15) is 5.82 Å². The van der Waals surface area contributed by atoms with Crippen molar-refractivity contribution >= 4 is 11.5 Å². The number of anilines is 1. The fourth-order valence-electron chi connectivity index (χ4n) is 1.20. The van der Waals surface area contributed by atoms with Crippen LogP contribution in [0.3, 0.4) is 0 Å². The molecular weight excluding hydrogens is 305 g/mol. The normalized spacial score (nSPS) is 12.1. The van der Waals surface area contributed by atoms with Gasteiger partial charge in [-0.25, -0.2) is 0 Å². The van der Waals surface area contributed by atoms with E-state index in [4.69, 9.17) is 0 Å². The Morgan fingerprint density at radius 1 is 1.33 bits per heavy atom. The van der Waals surface area contributed by atoms with Gasteiger partial charge in [-0.3, -0.25) is 10.1 Å². The molecule has 1 aromatic rings. The lowest BCUT2D eigenvalue weighted by molar-refractivity contribution is -0.386. The van der Waals surface area contributed by atoms with E-state index in [9.17, 15) is 32.1 Å². The van der Waals surface area contributed by atoms with Gasteiger partial charge < -0.3 is 10.1 Å². The Kier molecular flexibility index (Phi) is 4.86. The third kappa shape index (κ3) is 4.13. The van der Waals surface area contributed by atoms with E-state index in [2.05, 4.69) is 15.0 Å². The van der Waals surface area contributed by atoms with E-state index in [-0.39, 0.29) is 5.82 Å². The van der Waals surface area contributed by atoms with Gasteiger partial charge in [0.2, 0.25) is 0 Å². The van der Waals surface area contributed by atoms with E-state index >= 15 is 0 Å². The van der Waals surface area contributed by atoms with Crippen molar-refractivity contribution in [1.82, 2.24) is 4.98 Å². The van der Waals surface area contributed by atoms with E-state index in [0.717, 1.165) is 6.07 Å². The number of nitrogens with zero attached hydrogens (tertiary/aromatic N) is 2. The number of nitrogens with one attached hydrogen (secondary N) is 1. The van der Waals surface area contributed by atoms with Crippen molar-refractivity contribution in [2.75, 3.05) is 18.5 Å². The van der Waals surface area contributed by atoms with Crippen molar-refractivity contribution in [3.63, 3.8) is 0 Å². The first-order chi connectivity index (χ1) is 9.58. The quantitative estimate of drug-likeness (QED) is 0.496. The standard InChI is InChI=1S/C10H10F5N3O3/c1-2-16-7-4-3-6(18(19)20)8(17-7)21-5-9(11,12)10(13,14)15/h3-4H,2,5H2,1H3,(H,16,17). The van der Waals surface area contributed by atoms with Gasteiger partial charge in [0.05, 0.1) is 4.92 Å². The van der Waals surface area contributed by atoms with Crippen LogP contribution >= 0.6 is 0 Å². The number of aromatic nitrogens is 1. The molecule has 21 heavy (non-hydrogen) atoms. The summed E-state index contributed by atoms with van der Waals surface area (Å²) < 4.78 is 65.7. The van der Waals surface area contributed by atoms with Crippen molar-refractivity contribution in [1.29, 1.82) is 0 Å². The van der Waals surface area contributed by atoms with Crippen molar-refractivity contribution in [2.24, 2.45) is 0 Å². The molecule has 0 saturated carbocycles. The molecule has 0 aliphatic carbocycles. The van der Waals surface area contributed by atoms with Crippen LogP contribution < -0.4 is 10.1 Å². The summed E-state index contributed by atoms with van der Waals surface area (Å²) in [7, 11) is 0. The highest BCUT2D eigenvalue weighted by Gasteiger charge is 2.58. The maximum absolute atomic E-state index is 12.7. The highest BCUT2D eigenvalue weighted by molar-refractivity contribution is 5.49. The van der Waals surface area contributed by atoms with E-state index in [1.165, 1.54) is 6.07 Å². The predicted molar refractivity (Wildman–Crippen MR) is 61.6 cm³/mol. The first-order valence-corrected chi connectivity index (χ1v) is 5.55. The molecule has 1 heterocycles. The molecule has 118 valence electrons. The molecule has 0 amide bonds. The molecule has 11 heteroatoms. The third-order valence-electron chi connectivity index (χ3n) is 2.20. The highest BCUT2D eigenvalue weighted by atomic mass is 19.4. The summed E-state index contributed by atoms with van der Waals surface area (Å²) in [6, 6.07) is 2.07. The number of pyridine rings is 1. The van der Waals surface area contributed by atoms with Crippen LogP contribution in [0.1, 0.15) is 6.92 Å². The topological polar surface area (TPSA) is 77.3 Å². The second-order valence-corrected chi connectivity index (χ2v) is 3.80. The number of hydrogen-bond acceptors (Lipinski definition) is 5. The number of ether oxygens (including phenoxy) is 1. The predicted octanol–water partition coefficient (Wildman–Crippen LogP) is 3.00. The minimum Gasteiger partial charge on any atom is -0.466 e. The molecule has 6 nitrogen and oxygen atoms in total. The van der Waals surface area contributed by atoms with Gasteiger partial charge >= 0.3 is 17.8 Å². The number of nitro groups is 1. The summed E-state index contributed by atoms with van der Waals surface area (Å²) >= 11 is 0. The number of halogens is 5. The van der Waals surface area contributed by atoms with Crippen LogP contribution in [-0.4, -0.2) is 35.2 Å². The molecule has 0 aromatic carbocycles. The van der Waals surface area contributed by atoms with Gasteiger partial charge in [-0.05, 0) is 13.0 Å². The smallest absolute Gasteiger partial charge is 0.456 e. The summed E-state index contributed by atoms with van der Waals surface area (Å²) in [6.45, 7) is -0.0652. The van der Waals surface area contributed by atoms with Crippen LogP contribution in [0.4, 0.5) is 33.5 Å². The minimum atomic E-state index is -5.82. The fourth-order valence-corrected chi connectivity index (χ4v) is 1.20. The van der Waals surface area contributed by atoms with Gasteiger partial charge in [-0.1, -0.05) is 0 Å². The van der Waals surface area contributed by atoms with Gasteiger partial charge in [-0.15, -0.1) is 0 Å². The van der Waals surface area contributed by atoms with Crippen molar-refractivity contribution < 1.29 is 31.6 Å². The Morgan fingerprint density at radius 3 is 2.43 bits per heavy atom. The summed E-state index contributed by atoms with van der Waals surface area (Å²) in [6.07, 6.45) is -5.82. The Morgan fingerprint density at radius 2 is 1.95 bits per heavy atom. The Bertz CT molecular complexity index is 521. The largest absolute Gasteiger partial charge is 0.466 e. The maximum atomic E-state index is 12.7. The van der Waals surface area contributed by atoms with Gasteiger partial charge in [0.25, 0.3) is 5.88 Å². The maximum Gasteiger partial charge on any atom is 0.456 e. The van der Waals surface area contributed by atoms with Crippen LogP contribution in [0.2, 0.25) is 0 Å². The SMILES string of the molecule is CCNc1ccc([N+](=O)[O-])c(OCC(F)(F)C(F)(F)F)n1. The molecule has 0 saturated heterocycles. The molecule has 0 fully saturated rings. The molecule has 0 bridgehead atoms. The first kappa shape index (κ1) is 16.9. The van der Waals surface area contributed by atoms with Crippen molar-refractivity contribution in [3.05, 3.63) is 22.2 Å². The highest BCUT2D eigenvalue weighted by Crippen LogP contribution is 2.36. The lowest BCUT2D eigenvalue weighted by Gasteiger charge is -2.19. The zero-order valence-electron chi connectivity index (χ0n) is 10.6. The van der Waals surface area contributed by atoms with Crippen LogP contribution in [0.5, 0.6) is 5.88 Å². The third-order valence-corrected chi connectivity index (χ3v) is 2.20. The molecule has 0 spiro atoms. The van der Waals surface area contributed by atoms with Gasteiger partial charge in [-0.2, -0.15) is 26.9 Å². The zero-order valence-corrected chi connectivity index (χ0v) is 10.6. The monoisotopic (exact) mass is 315 g/mol. The Hall–Kier alpha value is -2.20. The van der Waals surface area contributed by atoms with Crippen LogP contribution in [-0.2, 0) is 0 Å². The lowest BCUT2D eigenvalue weighted by atomic mass is 10.3. The van der Waals surface area contributed by atoms with Crippen molar-refractivity contribution in [3.8, 4) is 5.88 Å². The molecular formula is C10H10F5N3O3. The number of alkyl halides is 5. The summed E-state index contributed by atoms with van der Waals surface area (Å²) in [5.74, 6) is -6.01. The van der Waals surface area contributed by atoms with Gasteiger partial charge in [0, 0.05) is 12.6 Å². The van der Waals surface area contributed by atoms with E-state index < -0.39 is 35.2 Å². The summed E-state index contributed by atoms with van der Waals surface area (Å²) in [5, 5.41) is 13.3. The lowest BCUT2D eigenvalue weighted by Crippen LogP contribution is -2.41. The molecule has 0 unspecified atom stereocenters. The molecule has 0 aliphatic rings. The fraction of sp³-hybridized carbons (Fsp3) is 0.500.